The Balaban J connectivity index is 1.82. The number of aromatic nitrogens is 3. The van der Waals surface area contributed by atoms with E-state index < -0.39 is 0 Å². The summed E-state index contributed by atoms with van der Waals surface area (Å²) in [6, 6.07) is 0. The highest BCUT2D eigenvalue weighted by Gasteiger charge is 2.28. The van der Waals surface area contributed by atoms with E-state index in [0.29, 0.717) is 12.3 Å². The van der Waals surface area contributed by atoms with Crippen LogP contribution in [-0.2, 0) is 4.79 Å². The van der Waals surface area contributed by atoms with E-state index in [-0.39, 0.29) is 11.8 Å². The highest BCUT2D eigenvalue weighted by molar-refractivity contribution is 5.88. The van der Waals surface area contributed by atoms with Crippen molar-refractivity contribution in [1.82, 2.24) is 20.4 Å². The monoisotopic (exact) mass is 303 g/mol. The predicted octanol–water partition coefficient (Wildman–Crippen LogP) is 1.67. The Morgan fingerprint density at radius 2 is 2.36 bits per heavy atom. The zero-order valence-electron chi connectivity index (χ0n) is 13.0. The summed E-state index contributed by atoms with van der Waals surface area (Å²) in [5.74, 6) is 0.959. The van der Waals surface area contributed by atoms with Crippen LogP contribution in [0.3, 0.4) is 0 Å². The van der Waals surface area contributed by atoms with Crippen LogP contribution in [0, 0.1) is 12.8 Å². The summed E-state index contributed by atoms with van der Waals surface area (Å²) in [4.78, 5) is 22.9. The molecule has 1 saturated heterocycles. The van der Waals surface area contributed by atoms with Crippen LogP contribution in [0.15, 0.2) is 10.9 Å². The summed E-state index contributed by atoms with van der Waals surface area (Å²) in [6.45, 7) is 6.23. The number of hydrogen-bond donors (Lipinski definition) is 1. The number of carbonyl (C=O) groups excluding carboxylic acids is 1. The van der Waals surface area contributed by atoms with E-state index in [9.17, 15) is 4.79 Å². The van der Waals surface area contributed by atoms with Crippen molar-refractivity contribution in [3.05, 3.63) is 12.0 Å². The molecule has 1 atom stereocenters. The first kappa shape index (κ1) is 14.7. The lowest BCUT2D eigenvalue weighted by atomic mass is 9.97. The summed E-state index contributed by atoms with van der Waals surface area (Å²) in [5.41, 5.74) is 1.28. The van der Waals surface area contributed by atoms with Crippen molar-refractivity contribution in [1.29, 1.82) is 0 Å². The molecule has 2 aromatic heterocycles. The summed E-state index contributed by atoms with van der Waals surface area (Å²) in [5, 5.41) is 7.80. The number of fused-ring (bicyclic) bond motifs is 1. The van der Waals surface area contributed by atoms with Crippen LogP contribution in [0.5, 0.6) is 0 Å². The van der Waals surface area contributed by atoms with E-state index in [1.807, 2.05) is 6.92 Å². The lowest BCUT2D eigenvalue weighted by molar-refractivity contribution is -0.125. The van der Waals surface area contributed by atoms with Crippen molar-refractivity contribution in [2.24, 2.45) is 5.92 Å². The van der Waals surface area contributed by atoms with Crippen molar-refractivity contribution in [3.63, 3.8) is 0 Å². The van der Waals surface area contributed by atoms with Gasteiger partial charge in [-0.1, -0.05) is 12.1 Å². The fourth-order valence-corrected chi connectivity index (χ4v) is 2.92. The lowest BCUT2D eigenvalue weighted by Crippen LogP contribution is -2.43. The molecule has 1 aliphatic heterocycles. The van der Waals surface area contributed by atoms with Gasteiger partial charge in [0.15, 0.2) is 0 Å². The Hall–Kier alpha value is -2.18. The molecule has 0 bridgehead atoms. The second-order valence-electron chi connectivity index (χ2n) is 5.72. The minimum absolute atomic E-state index is 0.00508. The standard InChI is InChI=1S/C15H21N5O2/c1-3-6-16-14(21)11-5-4-7-20(8-11)13-12-10(2)19-22-15(12)18-9-17-13/h9,11H,3-8H2,1-2H3,(H,16,21)/t11-/m1/s1. The van der Waals surface area contributed by atoms with Gasteiger partial charge in [0.1, 0.15) is 17.5 Å². The summed E-state index contributed by atoms with van der Waals surface area (Å²) < 4.78 is 5.20. The molecule has 118 valence electrons. The minimum atomic E-state index is 0.00508. The SMILES string of the molecule is CCCNC(=O)[C@@H]1CCCN(c2ncnc3onc(C)c23)C1. The first-order valence-corrected chi connectivity index (χ1v) is 7.80. The van der Waals surface area contributed by atoms with Crippen molar-refractivity contribution >= 4 is 22.8 Å². The number of amides is 1. The van der Waals surface area contributed by atoms with Gasteiger partial charge in [-0.05, 0) is 26.2 Å². The van der Waals surface area contributed by atoms with Crippen LogP contribution in [0.25, 0.3) is 11.1 Å². The van der Waals surface area contributed by atoms with E-state index in [0.717, 1.165) is 49.2 Å². The number of nitrogens with zero attached hydrogens (tertiary/aromatic N) is 4. The van der Waals surface area contributed by atoms with E-state index in [2.05, 4.69) is 32.3 Å². The van der Waals surface area contributed by atoms with Gasteiger partial charge >= 0.3 is 0 Å². The van der Waals surface area contributed by atoms with E-state index in [4.69, 9.17) is 4.52 Å². The number of rotatable bonds is 4. The van der Waals surface area contributed by atoms with Crippen LogP contribution in [0.4, 0.5) is 5.82 Å². The second kappa shape index (κ2) is 6.29. The van der Waals surface area contributed by atoms with E-state index >= 15 is 0 Å². The molecule has 1 amide bonds. The number of hydrogen-bond acceptors (Lipinski definition) is 6. The fourth-order valence-electron chi connectivity index (χ4n) is 2.92. The van der Waals surface area contributed by atoms with Gasteiger partial charge in [-0.2, -0.15) is 4.98 Å². The van der Waals surface area contributed by atoms with Gasteiger partial charge in [0.2, 0.25) is 5.91 Å². The maximum absolute atomic E-state index is 12.2. The third-order valence-corrected chi connectivity index (χ3v) is 4.06. The average Bonchev–Trinajstić information content (AvgIpc) is 2.94. The Morgan fingerprint density at radius 1 is 1.50 bits per heavy atom. The van der Waals surface area contributed by atoms with Gasteiger partial charge in [0.25, 0.3) is 5.71 Å². The third-order valence-electron chi connectivity index (χ3n) is 4.06. The quantitative estimate of drug-likeness (QED) is 0.925. The molecule has 0 spiro atoms. The van der Waals surface area contributed by atoms with Crippen molar-refractivity contribution in [2.75, 3.05) is 24.5 Å². The average molecular weight is 303 g/mol. The summed E-state index contributed by atoms with van der Waals surface area (Å²) in [7, 11) is 0. The highest BCUT2D eigenvalue weighted by Crippen LogP contribution is 2.29. The molecule has 22 heavy (non-hydrogen) atoms. The molecule has 0 unspecified atom stereocenters. The number of aryl methyl sites for hydroxylation is 1. The lowest BCUT2D eigenvalue weighted by Gasteiger charge is -2.33. The molecule has 0 aliphatic carbocycles. The Bertz CT molecular complexity index is 669. The van der Waals surface area contributed by atoms with Gasteiger partial charge < -0.3 is 14.7 Å². The maximum atomic E-state index is 12.2. The molecule has 7 heteroatoms. The molecule has 1 fully saturated rings. The number of nitrogens with one attached hydrogen (secondary N) is 1. The predicted molar refractivity (Wildman–Crippen MR) is 82.6 cm³/mol. The fraction of sp³-hybridized carbons (Fsp3) is 0.600. The molecule has 1 aliphatic rings. The first-order valence-electron chi connectivity index (χ1n) is 7.80. The highest BCUT2D eigenvalue weighted by atomic mass is 16.5. The molecule has 0 radical (unpaired) electrons. The topological polar surface area (TPSA) is 84.2 Å². The smallest absolute Gasteiger partial charge is 0.263 e. The molecular formula is C15H21N5O2. The van der Waals surface area contributed by atoms with Crippen LogP contribution in [0.1, 0.15) is 31.9 Å². The zero-order valence-corrected chi connectivity index (χ0v) is 13.0. The second-order valence-corrected chi connectivity index (χ2v) is 5.72. The number of anilines is 1. The zero-order chi connectivity index (χ0) is 15.5. The van der Waals surface area contributed by atoms with Crippen LogP contribution >= 0.6 is 0 Å². The summed E-state index contributed by atoms with van der Waals surface area (Å²) >= 11 is 0. The Kier molecular flexibility index (Phi) is 4.22. The maximum Gasteiger partial charge on any atom is 0.263 e. The molecule has 3 rings (SSSR count). The molecule has 0 aromatic carbocycles. The van der Waals surface area contributed by atoms with Crippen LogP contribution in [-0.4, -0.2) is 40.7 Å². The number of piperidine rings is 1. The normalized spacial score (nSPS) is 18.6. The molecule has 0 saturated carbocycles. The first-order chi connectivity index (χ1) is 10.7. The van der Waals surface area contributed by atoms with Gasteiger partial charge in [-0.25, -0.2) is 4.98 Å². The molecule has 1 N–H and O–H groups in total. The minimum Gasteiger partial charge on any atom is -0.356 e. The van der Waals surface area contributed by atoms with E-state index in [1.165, 1.54) is 6.33 Å². The summed E-state index contributed by atoms with van der Waals surface area (Å²) in [6.07, 6.45) is 4.33. The van der Waals surface area contributed by atoms with Gasteiger partial charge in [-0.3, -0.25) is 4.79 Å². The largest absolute Gasteiger partial charge is 0.356 e. The third kappa shape index (κ3) is 2.75. The molecular weight excluding hydrogens is 282 g/mol. The van der Waals surface area contributed by atoms with Gasteiger partial charge in [0, 0.05) is 19.6 Å². The van der Waals surface area contributed by atoms with Crippen molar-refractivity contribution in [3.8, 4) is 0 Å². The Labute approximate surface area is 129 Å². The van der Waals surface area contributed by atoms with E-state index in [1.54, 1.807) is 0 Å². The van der Waals surface area contributed by atoms with Crippen molar-refractivity contribution < 1.29 is 9.32 Å². The molecule has 7 nitrogen and oxygen atoms in total. The molecule has 2 aromatic rings. The van der Waals surface area contributed by atoms with Crippen molar-refractivity contribution in [2.45, 2.75) is 33.1 Å². The number of carbonyl (C=O) groups is 1. The van der Waals surface area contributed by atoms with Gasteiger partial charge in [0.05, 0.1) is 11.6 Å². The molecule has 3 heterocycles. The van der Waals surface area contributed by atoms with Crippen LogP contribution in [0.2, 0.25) is 0 Å². The Morgan fingerprint density at radius 3 is 3.18 bits per heavy atom. The van der Waals surface area contributed by atoms with Crippen LogP contribution < -0.4 is 10.2 Å². The van der Waals surface area contributed by atoms with Gasteiger partial charge in [-0.15, -0.1) is 0 Å².